The molecule has 0 bridgehead atoms. The number of hydrogen-bond acceptors (Lipinski definition) is 4. The Morgan fingerprint density at radius 3 is 2.68 bits per heavy atom. The number of nitrogens with one attached hydrogen (secondary N) is 1. The first kappa shape index (κ1) is 20.8. The summed E-state index contributed by atoms with van der Waals surface area (Å²) >= 11 is 6.00. The first-order chi connectivity index (χ1) is 15.1. The lowest BCUT2D eigenvalue weighted by molar-refractivity contribution is -0.116. The Kier molecular flexibility index (Phi) is 6.16. The summed E-state index contributed by atoms with van der Waals surface area (Å²) in [5, 5.41) is 3.35. The monoisotopic (exact) mass is 436 g/mol. The number of carbonyl (C=O) groups is 1. The van der Waals surface area contributed by atoms with Gasteiger partial charge in [0.1, 0.15) is 17.6 Å². The molecule has 0 saturated heterocycles. The van der Waals surface area contributed by atoms with E-state index in [-0.39, 0.29) is 18.0 Å². The minimum atomic E-state index is -0.273. The summed E-state index contributed by atoms with van der Waals surface area (Å²) in [6.07, 6.45) is 3.32. The van der Waals surface area contributed by atoms with Gasteiger partial charge in [-0.2, -0.15) is 0 Å². The van der Waals surface area contributed by atoms with Gasteiger partial charge in [-0.1, -0.05) is 48.0 Å². The third-order valence-corrected chi connectivity index (χ3v) is 5.12. The number of benzene rings is 2. The molecule has 158 valence electrons. The van der Waals surface area contributed by atoms with E-state index in [1.807, 2.05) is 30.3 Å². The predicted octanol–water partition coefficient (Wildman–Crippen LogP) is 3.80. The van der Waals surface area contributed by atoms with Crippen LogP contribution in [0.3, 0.4) is 0 Å². The van der Waals surface area contributed by atoms with Crippen LogP contribution in [-0.4, -0.2) is 33.7 Å². The summed E-state index contributed by atoms with van der Waals surface area (Å²) in [6, 6.07) is 16.6. The molecule has 31 heavy (non-hydrogen) atoms. The molecular formula is C23H21ClN4O3. The number of aromatic nitrogens is 3. The average Bonchev–Trinajstić information content (AvgIpc) is 3.13. The number of fused-ring (bicyclic) bond motifs is 1. The maximum absolute atomic E-state index is 13.2. The Morgan fingerprint density at radius 2 is 1.94 bits per heavy atom. The Labute approximate surface area is 183 Å². The maximum atomic E-state index is 13.2. The molecule has 4 rings (SSSR count). The smallest absolute Gasteiger partial charge is 0.277 e. The van der Waals surface area contributed by atoms with E-state index in [4.69, 9.17) is 16.3 Å². The van der Waals surface area contributed by atoms with Gasteiger partial charge in [-0.3, -0.25) is 14.2 Å². The number of rotatable bonds is 7. The van der Waals surface area contributed by atoms with Gasteiger partial charge in [0.2, 0.25) is 5.91 Å². The molecule has 2 aromatic carbocycles. The number of halogens is 1. The molecule has 0 unspecified atom stereocenters. The molecule has 0 aliphatic heterocycles. The zero-order valence-corrected chi connectivity index (χ0v) is 17.7. The second-order valence-corrected chi connectivity index (χ2v) is 7.46. The molecule has 0 fully saturated rings. The van der Waals surface area contributed by atoms with Gasteiger partial charge in [0.05, 0.1) is 19.5 Å². The highest BCUT2D eigenvalue weighted by Crippen LogP contribution is 2.27. The first-order valence-corrected chi connectivity index (χ1v) is 10.1. The lowest BCUT2D eigenvalue weighted by Gasteiger charge is -2.09. The van der Waals surface area contributed by atoms with Crippen molar-refractivity contribution in [2.45, 2.75) is 13.1 Å². The summed E-state index contributed by atoms with van der Waals surface area (Å²) in [6.45, 7) is 0.717. The summed E-state index contributed by atoms with van der Waals surface area (Å²) in [5.74, 6) is -0.273. The summed E-state index contributed by atoms with van der Waals surface area (Å²) in [7, 11) is 1.58. The fourth-order valence-electron chi connectivity index (χ4n) is 3.44. The van der Waals surface area contributed by atoms with Crippen LogP contribution in [0.15, 0.2) is 71.9 Å². The molecule has 7 nitrogen and oxygen atoms in total. The minimum Gasteiger partial charge on any atom is -0.383 e. The van der Waals surface area contributed by atoms with Crippen molar-refractivity contribution in [1.29, 1.82) is 0 Å². The third-order valence-electron chi connectivity index (χ3n) is 4.88. The Bertz CT molecular complexity index is 1280. The van der Waals surface area contributed by atoms with Crippen LogP contribution in [-0.2, 0) is 22.6 Å². The topological polar surface area (TPSA) is 78.2 Å². The van der Waals surface area contributed by atoms with Crippen molar-refractivity contribution < 1.29 is 9.53 Å². The number of carbonyl (C=O) groups excluding carboxylic acids is 1. The number of anilines is 1. The van der Waals surface area contributed by atoms with E-state index in [0.717, 1.165) is 11.1 Å². The second-order valence-electron chi connectivity index (χ2n) is 7.03. The van der Waals surface area contributed by atoms with Gasteiger partial charge in [0, 0.05) is 29.6 Å². The second kappa shape index (κ2) is 9.16. The van der Waals surface area contributed by atoms with Crippen molar-refractivity contribution in [2.24, 2.45) is 0 Å². The molecule has 0 radical (unpaired) electrons. The standard InChI is InChI=1S/C23H21ClN4O3/c1-31-11-10-27-15-25-21-19(16-6-3-2-4-7-16)13-28(22(21)23(27)30)14-20(29)26-18-9-5-8-17(24)12-18/h2-9,12-13,15H,10-11,14H2,1H3,(H,26,29). The molecule has 0 aliphatic carbocycles. The SMILES string of the molecule is COCCn1cnc2c(-c3ccccc3)cn(CC(=O)Nc3cccc(Cl)c3)c2c1=O. The lowest BCUT2D eigenvalue weighted by Crippen LogP contribution is -2.26. The van der Waals surface area contributed by atoms with Crippen LogP contribution in [0.25, 0.3) is 22.2 Å². The molecule has 1 N–H and O–H groups in total. The Hall–Kier alpha value is -3.42. The van der Waals surface area contributed by atoms with Crippen LogP contribution in [0.1, 0.15) is 0 Å². The number of methoxy groups -OCH3 is 1. The molecule has 2 heterocycles. The summed E-state index contributed by atoms with van der Waals surface area (Å²) in [5.41, 5.74) is 3.01. The number of nitrogens with zero attached hydrogens (tertiary/aromatic N) is 3. The lowest BCUT2D eigenvalue weighted by atomic mass is 10.1. The fraction of sp³-hybridized carbons (Fsp3) is 0.174. The summed E-state index contributed by atoms with van der Waals surface area (Å²) in [4.78, 5) is 30.4. The normalized spacial score (nSPS) is 11.0. The Balaban J connectivity index is 1.75. The number of hydrogen-bond donors (Lipinski definition) is 1. The summed E-state index contributed by atoms with van der Waals surface area (Å²) < 4.78 is 8.23. The van der Waals surface area contributed by atoms with E-state index in [9.17, 15) is 9.59 Å². The van der Waals surface area contributed by atoms with Crippen LogP contribution >= 0.6 is 11.6 Å². The molecule has 0 atom stereocenters. The van der Waals surface area contributed by atoms with E-state index < -0.39 is 0 Å². The highest BCUT2D eigenvalue weighted by atomic mass is 35.5. The zero-order chi connectivity index (χ0) is 21.8. The van der Waals surface area contributed by atoms with E-state index in [2.05, 4.69) is 10.3 Å². The van der Waals surface area contributed by atoms with Crippen LogP contribution in [0.5, 0.6) is 0 Å². The van der Waals surface area contributed by atoms with Crippen LogP contribution < -0.4 is 10.9 Å². The van der Waals surface area contributed by atoms with Gasteiger partial charge in [0.15, 0.2) is 0 Å². The van der Waals surface area contributed by atoms with Crippen molar-refractivity contribution in [3.05, 3.63) is 82.5 Å². The fourth-order valence-corrected chi connectivity index (χ4v) is 3.63. The van der Waals surface area contributed by atoms with Gasteiger partial charge < -0.3 is 14.6 Å². The van der Waals surface area contributed by atoms with Gasteiger partial charge in [-0.25, -0.2) is 4.98 Å². The van der Waals surface area contributed by atoms with E-state index in [0.29, 0.717) is 34.9 Å². The molecule has 4 aromatic rings. The van der Waals surface area contributed by atoms with Gasteiger partial charge >= 0.3 is 0 Å². The van der Waals surface area contributed by atoms with Crippen LogP contribution in [0.2, 0.25) is 5.02 Å². The predicted molar refractivity (Wildman–Crippen MR) is 121 cm³/mol. The van der Waals surface area contributed by atoms with Crippen molar-refractivity contribution in [2.75, 3.05) is 19.0 Å². The largest absolute Gasteiger partial charge is 0.383 e. The van der Waals surface area contributed by atoms with Crippen LogP contribution in [0, 0.1) is 0 Å². The quantitative estimate of drug-likeness (QED) is 0.478. The first-order valence-electron chi connectivity index (χ1n) is 9.75. The zero-order valence-electron chi connectivity index (χ0n) is 16.9. The third kappa shape index (κ3) is 4.52. The molecule has 0 saturated carbocycles. The van der Waals surface area contributed by atoms with Crippen molar-refractivity contribution >= 4 is 34.2 Å². The molecule has 2 aromatic heterocycles. The average molecular weight is 437 g/mol. The molecular weight excluding hydrogens is 416 g/mol. The molecule has 8 heteroatoms. The van der Waals surface area contributed by atoms with Gasteiger partial charge in [-0.05, 0) is 23.8 Å². The van der Waals surface area contributed by atoms with E-state index in [1.54, 1.807) is 42.1 Å². The highest BCUT2D eigenvalue weighted by Gasteiger charge is 2.18. The maximum Gasteiger partial charge on any atom is 0.277 e. The highest BCUT2D eigenvalue weighted by molar-refractivity contribution is 6.30. The number of amides is 1. The van der Waals surface area contributed by atoms with Gasteiger partial charge in [0.25, 0.3) is 5.56 Å². The van der Waals surface area contributed by atoms with E-state index in [1.165, 1.54) is 10.9 Å². The van der Waals surface area contributed by atoms with Crippen molar-refractivity contribution in [3.8, 4) is 11.1 Å². The number of ether oxygens (including phenoxy) is 1. The molecule has 0 spiro atoms. The Morgan fingerprint density at radius 1 is 1.13 bits per heavy atom. The van der Waals surface area contributed by atoms with Crippen molar-refractivity contribution in [1.82, 2.24) is 14.1 Å². The van der Waals surface area contributed by atoms with Crippen LogP contribution in [0.4, 0.5) is 5.69 Å². The van der Waals surface area contributed by atoms with Crippen molar-refractivity contribution in [3.63, 3.8) is 0 Å². The molecule has 0 aliphatic rings. The minimum absolute atomic E-state index is 0.0406. The molecule has 1 amide bonds. The van der Waals surface area contributed by atoms with Gasteiger partial charge in [-0.15, -0.1) is 0 Å². The van der Waals surface area contributed by atoms with E-state index >= 15 is 0 Å².